The molecule has 0 aliphatic heterocycles. The second-order valence-electron chi connectivity index (χ2n) is 4.20. The lowest BCUT2D eigenvalue weighted by Crippen LogP contribution is -2.07. The van der Waals surface area contributed by atoms with Crippen LogP contribution in [0.1, 0.15) is 12.2 Å². The van der Waals surface area contributed by atoms with Crippen LogP contribution < -0.4 is 0 Å². The Hall–Kier alpha value is -1.95. The lowest BCUT2D eigenvalue weighted by atomic mass is 10.3. The molecule has 6 nitrogen and oxygen atoms in total. The molecule has 0 fully saturated rings. The van der Waals surface area contributed by atoms with Crippen LogP contribution in [-0.4, -0.2) is 29.5 Å². The molecule has 0 aliphatic carbocycles. The van der Waals surface area contributed by atoms with Crippen molar-refractivity contribution in [3.63, 3.8) is 0 Å². The van der Waals surface area contributed by atoms with Gasteiger partial charge in [0.15, 0.2) is 0 Å². The largest absolute Gasteiger partial charge is 0.327 e. The average molecular weight is 277 g/mol. The summed E-state index contributed by atoms with van der Waals surface area (Å²) in [4.78, 5) is 8.56. The monoisotopic (exact) mass is 276 g/mol. The number of imidazole rings is 1. The van der Waals surface area contributed by atoms with Crippen molar-refractivity contribution in [2.24, 2.45) is 0 Å². The van der Waals surface area contributed by atoms with Gasteiger partial charge in [0.25, 0.3) is 0 Å². The maximum atomic E-state index is 5.95. The minimum Gasteiger partial charge on any atom is -0.327 e. The van der Waals surface area contributed by atoms with E-state index >= 15 is 0 Å². The summed E-state index contributed by atoms with van der Waals surface area (Å²) in [5, 5.41) is 7.73. The molecule has 0 spiro atoms. The van der Waals surface area contributed by atoms with Crippen LogP contribution in [0.15, 0.2) is 30.9 Å². The zero-order valence-electron chi connectivity index (χ0n) is 10.3. The summed E-state index contributed by atoms with van der Waals surface area (Å²) in [5.74, 6) is 1.28. The zero-order chi connectivity index (χ0) is 13.1. The Morgan fingerprint density at radius 2 is 2.16 bits per heavy atom. The fourth-order valence-corrected chi connectivity index (χ4v) is 2.33. The van der Waals surface area contributed by atoms with Crippen molar-refractivity contribution < 1.29 is 0 Å². The Morgan fingerprint density at radius 3 is 2.95 bits per heavy atom. The van der Waals surface area contributed by atoms with Crippen molar-refractivity contribution >= 4 is 22.6 Å². The van der Waals surface area contributed by atoms with Crippen LogP contribution in [0.4, 0.5) is 0 Å². The SMILES string of the molecule is ClCc1nc2cnccc2n1CCCn1ccnn1. The van der Waals surface area contributed by atoms with Crippen molar-refractivity contribution in [3.05, 3.63) is 36.7 Å². The molecule has 0 atom stereocenters. The van der Waals surface area contributed by atoms with Crippen molar-refractivity contribution in [3.8, 4) is 0 Å². The van der Waals surface area contributed by atoms with Gasteiger partial charge in [0.1, 0.15) is 11.3 Å². The van der Waals surface area contributed by atoms with Gasteiger partial charge >= 0.3 is 0 Å². The number of nitrogens with zero attached hydrogens (tertiary/aromatic N) is 6. The number of fused-ring (bicyclic) bond motifs is 1. The van der Waals surface area contributed by atoms with Gasteiger partial charge in [-0.2, -0.15) is 0 Å². The normalized spacial score (nSPS) is 11.2. The first-order valence-corrected chi connectivity index (χ1v) is 6.61. The third kappa shape index (κ3) is 2.44. The predicted molar refractivity (Wildman–Crippen MR) is 71.7 cm³/mol. The first-order valence-electron chi connectivity index (χ1n) is 6.07. The lowest BCUT2D eigenvalue weighted by molar-refractivity contribution is 0.514. The topological polar surface area (TPSA) is 61.4 Å². The van der Waals surface area contributed by atoms with Gasteiger partial charge in [-0.3, -0.25) is 9.67 Å². The molecular weight excluding hydrogens is 264 g/mol. The van der Waals surface area contributed by atoms with Gasteiger partial charge in [-0.05, 0) is 12.5 Å². The van der Waals surface area contributed by atoms with E-state index in [1.165, 1.54) is 0 Å². The van der Waals surface area contributed by atoms with E-state index in [0.29, 0.717) is 5.88 Å². The molecule has 7 heteroatoms. The van der Waals surface area contributed by atoms with Gasteiger partial charge in [-0.15, -0.1) is 16.7 Å². The zero-order valence-corrected chi connectivity index (χ0v) is 11.0. The van der Waals surface area contributed by atoms with Crippen molar-refractivity contribution in [2.45, 2.75) is 25.4 Å². The van der Waals surface area contributed by atoms with Crippen LogP contribution >= 0.6 is 11.6 Å². The average Bonchev–Trinajstić information content (AvgIpc) is 3.06. The Balaban J connectivity index is 1.79. The van der Waals surface area contributed by atoms with Crippen LogP contribution in [0, 0.1) is 0 Å². The summed E-state index contributed by atoms with van der Waals surface area (Å²) >= 11 is 5.95. The van der Waals surface area contributed by atoms with Crippen molar-refractivity contribution in [1.29, 1.82) is 0 Å². The van der Waals surface area contributed by atoms with Crippen LogP contribution in [0.25, 0.3) is 11.0 Å². The highest BCUT2D eigenvalue weighted by molar-refractivity contribution is 6.16. The summed E-state index contributed by atoms with van der Waals surface area (Å²) in [6.45, 7) is 1.68. The predicted octanol–water partition coefficient (Wildman–Crippen LogP) is 1.85. The second-order valence-corrected chi connectivity index (χ2v) is 4.46. The van der Waals surface area contributed by atoms with E-state index in [9.17, 15) is 0 Å². The highest BCUT2D eigenvalue weighted by Gasteiger charge is 2.09. The molecule has 0 saturated heterocycles. The van der Waals surface area contributed by atoms with E-state index in [0.717, 1.165) is 36.4 Å². The van der Waals surface area contributed by atoms with Crippen LogP contribution in [0.5, 0.6) is 0 Å². The summed E-state index contributed by atoms with van der Waals surface area (Å²) < 4.78 is 3.96. The summed E-state index contributed by atoms with van der Waals surface area (Å²) in [5.41, 5.74) is 1.96. The molecule has 3 aromatic rings. The van der Waals surface area contributed by atoms with Gasteiger partial charge in [-0.1, -0.05) is 5.21 Å². The highest BCUT2D eigenvalue weighted by atomic mass is 35.5. The van der Waals surface area contributed by atoms with Gasteiger partial charge < -0.3 is 4.57 Å². The Labute approximate surface area is 115 Å². The van der Waals surface area contributed by atoms with Gasteiger partial charge in [-0.25, -0.2) is 4.98 Å². The number of rotatable bonds is 5. The summed E-state index contributed by atoms with van der Waals surface area (Å²) in [6, 6.07) is 1.97. The van der Waals surface area contributed by atoms with E-state index in [4.69, 9.17) is 11.6 Å². The molecular formula is C12H13ClN6. The number of aryl methyl sites for hydroxylation is 2. The van der Waals surface area contributed by atoms with E-state index in [2.05, 4.69) is 24.8 Å². The molecule has 0 aliphatic rings. The molecule has 0 amide bonds. The number of aromatic nitrogens is 6. The molecule has 19 heavy (non-hydrogen) atoms. The lowest BCUT2D eigenvalue weighted by Gasteiger charge is -2.07. The minimum absolute atomic E-state index is 0.401. The molecule has 0 bridgehead atoms. The highest BCUT2D eigenvalue weighted by Crippen LogP contribution is 2.16. The molecule has 0 N–H and O–H groups in total. The van der Waals surface area contributed by atoms with Gasteiger partial charge in [0.2, 0.25) is 0 Å². The maximum Gasteiger partial charge on any atom is 0.124 e. The van der Waals surface area contributed by atoms with E-state index in [1.807, 2.05) is 16.9 Å². The third-order valence-corrected chi connectivity index (χ3v) is 3.23. The summed E-state index contributed by atoms with van der Waals surface area (Å²) in [7, 11) is 0. The summed E-state index contributed by atoms with van der Waals surface area (Å²) in [6.07, 6.45) is 8.02. The van der Waals surface area contributed by atoms with Crippen molar-refractivity contribution in [2.75, 3.05) is 0 Å². The molecule has 0 radical (unpaired) electrons. The van der Waals surface area contributed by atoms with E-state index < -0.39 is 0 Å². The van der Waals surface area contributed by atoms with E-state index in [-0.39, 0.29) is 0 Å². The van der Waals surface area contributed by atoms with Crippen molar-refractivity contribution in [1.82, 2.24) is 29.5 Å². The number of pyridine rings is 1. The molecule has 0 unspecified atom stereocenters. The van der Waals surface area contributed by atoms with Gasteiger partial charge in [0, 0.05) is 25.5 Å². The molecule has 0 saturated carbocycles. The fourth-order valence-electron chi connectivity index (χ4n) is 2.13. The number of hydrogen-bond acceptors (Lipinski definition) is 4. The molecule has 0 aromatic carbocycles. The Kier molecular flexibility index (Phi) is 3.41. The first-order chi connectivity index (χ1) is 9.38. The van der Waals surface area contributed by atoms with E-state index in [1.54, 1.807) is 18.6 Å². The third-order valence-electron chi connectivity index (χ3n) is 2.99. The quantitative estimate of drug-likeness (QED) is 0.667. The molecule has 3 rings (SSSR count). The Morgan fingerprint density at radius 1 is 1.21 bits per heavy atom. The molecule has 98 valence electrons. The second kappa shape index (κ2) is 5.36. The fraction of sp³-hybridized carbons (Fsp3) is 0.333. The molecule has 3 heterocycles. The van der Waals surface area contributed by atoms with Crippen LogP contribution in [-0.2, 0) is 19.0 Å². The smallest absolute Gasteiger partial charge is 0.124 e. The Bertz CT molecular complexity index is 660. The maximum absolute atomic E-state index is 5.95. The minimum atomic E-state index is 0.401. The standard InChI is InChI=1S/C12H13ClN6/c13-8-12-16-10-9-14-3-2-11(10)19(12)6-1-5-18-7-4-15-17-18/h2-4,7,9H,1,5-6,8H2. The number of halogens is 1. The van der Waals surface area contributed by atoms with Crippen LogP contribution in [0.2, 0.25) is 0 Å². The number of hydrogen-bond donors (Lipinski definition) is 0. The first kappa shape index (κ1) is 12.1. The molecule has 3 aromatic heterocycles. The van der Waals surface area contributed by atoms with Gasteiger partial charge in [0.05, 0.1) is 23.8 Å². The van der Waals surface area contributed by atoms with Crippen LogP contribution in [0.3, 0.4) is 0 Å². The number of alkyl halides is 1.